The fourth-order valence-electron chi connectivity index (χ4n) is 1.01. The molecule has 0 spiro atoms. The highest BCUT2D eigenvalue weighted by Gasteiger charge is 2.05. The number of nitrogens with zero attached hydrogens (tertiary/aromatic N) is 6. The largest absolute Gasteiger partial charge is 1.00 e. The van der Waals surface area contributed by atoms with Gasteiger partial charge in [-0.05, 0) is 6.07 Å². The Hall–Kier alpha value is -1.73. The highest BCUT2D eigenvalue weighted by atomic mass is 35.5. The van der Waals surface area contributed by atoms with Crippen LogP contribution in [-0.4, -0.2) is 36.9 Å². The van der Waals surface area contributed by atoms with Crippen molar-refractivity contribution in [3.63, 3.8) is 0 Å². The Bertz CT molecular complexity index is 418. The Morgan fingerprint density at radius 3 is 2.12 bits per heavy atom. The monoisotopic (exact) mass is 239 g/mol. The highest BCUT2D eigenvalue weighted by molar-refractivity contribution is 5.39. The average Bonchev–Trinajstić information content (AvgIpc) is 2.32. The molecule has 0 aliphatic heterocycles. The van der Waals surface area contributed by atoms with Crippen LogP contribution in [0.3, 0.4) is 0 Å². The Labute approximate surface area is 98.0 Å². The molecule has 0 atom stereocenters. The summed E-state index contributed by atoms with van der Waals surface area (Å²) < 4.78 is 0. The zero-order valence-electron chi connectivity index (χ0n) is 8.41. The topological polar surface area (TPSA) is 105 Å². The predicted octanol–water partition coefficient (Wildman–Crippen LogP) is -4.49. The number of rotatable bonds is 3. The zero-order chi connectivity index (χ0) is 10.5. The zero-order valence-corrected chi connectivity index (χ0v) is 9.17. The molecule has 0 unspecified atom stereocenters. The number of quaternary nitrogens is 1. The molecular formula is C8H10ClN7. The summed E-state index contributed by atoms with van der Waals surface area (Å²) in [6, 6.07) is 1.72. The van der Waals surface area contributed by atoms with Gasteiger partial charge in [-0.15, -0.1) is 20.4 Å². The van der Waals surface area contributed by atoms with E-state index >= 15 is 0 Å². The third-order valence-corrected chi connectivity index (χ3v) is 1.69. The van der Waals surface area contributed by atoms with Crippen LogP contribution in [0.4, 0.5) is 0 Å². The quantitative estimate of drug-likeness (QED) is 0.579. The fraction of sp³-hybridized carbons (Fsp3) is 0.250. The van der Waals surface area contributed by atoms with Gasteiger partial charge in [0.15, 0.2) is 5.82 Å². The van der Waals surface area contributed by atoms with E-state index < -0.39 is 0 Å². The molecule has 2 aromatic rings. The van der Waals surface area contributed by atoms with E-state index in [0.29, 0.717) is 23.9 Å². The van der Waals surface area contributed by atoms with E-state index in [2.05, 4.69) is 36.1 Å². The van der Waals surface area contributed by atoms with Gasteiger partial charge in [0.1, 0.15) is 0 Å². The minimum atomic E-state index is 0. The first kappa shape index (κ1) is 12.3. The second-order valence-electron chi connectivity index (χ2n) is 2.82. The van der Waals surface area contributed by atoms with Crippen molar-refractivity contribution in [2.75, 3.05) is 6.54 Å². The maximum atomic E-state index is 4.00. The normalized spacial score (nSPS) is 9.56. The van der Waals surface area contributed by atoms with E-state index in [-0.39, 0.29) is 12.4 Å². The second-order valence-corrected chi connectivity index (χ2v) is 2.82. The van der Waals surface area contributed by atoms with Gasteiger partial charge in [0.2, 0.25) is 11.6 Å². The van der Waals surface area contributed by atoms with Crippen molar-refractivity contribution in [2.24, 2.45) is 0 Å². The van der Waals surface area contributed by atoms with Gasteiger partial charge in [-0.3, -0.25) is 0 Å². The first-order valence-electron chi connectivity index (χ1n) is 4.53. The molecule has 2 heterocycles. The number of hydrogen-bond acceptors (Lipinski definition) is 6. The molecule has 0 aromatic carbocycles. The maximum absolute atomic E-state index is 4.00. The van der Waals surface area contributed by atoms with Crippen LogP contribution in [0.2, 0.25) is 0 Å². The summed E-state index contributed by atoms with van der Waals surface area (Å²) in [4.78, 5) is 7.99. The molecule has 0 saturated heterocycles. The highest BCUT2D eigenvalue weighted by Crippen LogP contribution is 2.03. The van der Waals surface area contributed by atoms with Crippen LogP contribution in [0, 0.1) is 0 Å². The first-order valence-corrected chi connectivity index (χ1v) is 4.53. The van der Waals surface area contributed by atoms with Crippen LogP contribution in [0.5, 0.6) is 0 Å². The van der Waals surface area contributed by atoms with Gasteiger partial charge < -0.3 is 18.1 Å². The van der Waals surface area contributed by atoms with E-state index in [9.17, 15) is 0 Å². The molecule has 0 saturated carbocycles. The van der Waals surface area contributed by atoms with E-state index in [1.807, 2.05) is 0 Å². The van der Waals surface area contributed by atoms with Gasteiger partial charge in [-0.25, -0.2) is 9.97 Å². The van der Waals surface area contributed by atoms with E-state index in [4.69, 9.17) is 0 Å². The Balaban J connectivity index is 0.00000128. The van der Waals surface area contributed by atoms with Gasteiger partial charge in [0, 0.05) is 12.4 Å². The van der Waals surface area contributed by atoms with Crippen molar-refractivity contribution in [3.05, 3.63) is 24.3 Å². The molecule has 3 N–H and O–H groups in total. The van der Waals surface area contributed by atoms with Crippen LogP contribution in [0.25, 0.3) is 11.6 Å². The first-order chi connectivity index (χ1) is 7.40. The third-order valence-electron chi connectivity index (χ3n) is 1.69. The van der Waals surface area contributed by atoms with Crippen molar-refractivity contribution in [3.8, 4) is 11.6 Å². The molecular weight excluding hydrogens is 230 g/mol. The molecule has 7 nitrogen and oxygen atoms in total. The number of halogens is 1. The predicted molar refractivity (Wildman–Crippen MR) is 50.1 cm³/mol. The average molecular weight is 240 g/mol. The maximum Gasteiger partial charge on any atom is 0.240 e. The van der Waals surface area contributed by atoms with Crippen LogP contribution >= 0.6 is 0 Å². The molecule has 2 rings (SSSR count). The van der Waals surface area contributed by atoms with Crippen molar-refractivity contribution in [2.45, 2.75) is 6.42 Å². The molecule has 0 amide bonds. The Morgan fingerprint density at radius 1 is 0.938 bits per heavy atom. The summed E-state index contributed by atoms with van der Waals surface area (Å²) in [6.45, 7) is 0.727. The number of aromatic nitrogens is 6. The van der Waals surface area contributed by atoms with Crippen LogP contribution in [-0.2, 0) is 6.42 Å². The molecule has 84 valence electrons. The molecule has 0 bridgehead atoms. The van der Waals surface area contributed by atoms with Crippen molar-refractivity contribution >= 4 is 0 Å². The molecule has 0 aliphatic rings. The summed E-state index contributed by atoms with van der Waals surface area (Å²) in [5.74, 6) is 1.35. The standard InChI is InChI=1S/C8H9N7.ClH/c9-3-2-6-12-14-8(15-13-6)7-10-4-1-5-11-7;/h1,4-5H,2-3,9H2;1H. The van der Waals surface area contributed by atoms with Gasteiger partial charge in [-0.1, -0.05) is 0 Å². The summed E-state index contributed by atoms with van der Waals surface area (Å²) >= 11 is 0. The SMILES string of the molecule is [Cl-].[NH3+]CCc1nnc(-c2ncccn2)nn1. The van der Waals surface area contributed by atoms with Crippen LogP contribution in [0.15, 0.2) is 18.5 Å². The summed E-state index contributed by atoms with van der Waals surface area (Å²) in [5.41, 5.74) is 3.70. The lowest BCUT2D eigenvalue weighted by atomic mass is 10.4. The van der Waals surface area contributed by atoms with Gasteiger partial charge in [-0.2, -0.15) is 0 Å². The Morgan fingerprint density at radius 2 is 1.56 bits per heavy atom. The summed E-state index contributed by atoms with van der Waals surface area (Å²) in [6.07, 6.45) is 3.92. The number of hydrogen-bond donors (Lipinski definition) is 1. The molecule has 0 aliphatic carbocycles. The minimum Gasteiger partial charge on any atom is -1.00 e. The lowest BCUT2D eigenvalue weighted by Crippen LogP contribution is -3.00. The van der Waals surface area contributed by atoms with E-state index in [1.165, 1.54) is 0 Å². The summed E-state index contributed by atoms with van der Waals surface area (Å²) in [5, 5.41) is 15.6. The fourth-order valence-corrected chi connectivity index (χ4v) is 1.01. The van der Waals surface area contributed by atoms with Crippen molar-refractivity contribution < 1.29 is 18.1 Å². The molecule has 8 heteroatoms. The van der Waals surface area contributed by atoms with Gasteiger partial charge in [0.25, 0.3) is 0 Å². The van der Waals surface area contributed by atoms with Gasteiger partial charge >= 0.3 is 0 Å². The van der Waals surface area contributed by atoms with Gasteiger partial charge in [0.05, 0.1) is 13.0 Å². The van der Waals surface area contributed by atoms with Crippen molar-refractivity contribution in [1.82, 2.24) is 30.4 Å². The summed E-state index contributed by atoms with van der Waals surface area (Å²) in [7, 11) is 0. The van der Waals surface area contributed by atoms with Crippen LogP contribution < -0.4 is 18.1 Å². The lowest BCUT2D eigenvalue weighted by molar-refractivity contribution is -0.366. The molecule has 16 heavy (non-hydrogen) atoms. The second kappa shape index (κ2) is 5.99. The lowest BCUT2D eigenvalue weighted by Gasteiger charge is -1.96. The van der Waals surface area contributed by atoms with Crippen LogP contribution in [0.1, 0.15) is 5.82 Å². The van der Waals surface area contributed by atoms with E-state index in [0.717, 1.165) is 6.54 Å². The Kier molecular flexibility index (Phi) is 4.62. The van der Waals surface area contributed by atoms with E-state index in [1.54, 1.807) is 18.5 Å². The van der Waals surface area contributed by atoms with Crippen molar-refractivity contribution in [1.29, 1.82) is 0 Å². The smallest absolute Gasteiger partial charge is 0.240 e. The minimum absolute atomic E-state index is 0. The molecule has 2 aromatic heterocycles. The molecule has 0 fully saturated rings. The third kappa shape index (κ3) is 2.88. The molecule has 0 radical (unpaired) electrons.